The van der Waals surface area contributed by atoms with Gasteiger partial charge in [0.1, 0.15) is 5.75 Å². The van der Waals surface area contributed by atoms with E-state index in [2.05, 4.69) is 22.6 Å². The third-order valence-electron chi connectivity index (χ3n) is 4.24. The summed E-state index contributed by atoms with van der Waals surface area (Å²) in [6, 6.07) is 14.7. The SMILES string of the molecule is COc1cccc(C(=O)N2CCN(C(=O)c3cccc(I)c3)CC2)c1. The molecule has 0 aromatic heterocycles. The molecule has 1 saturated heterocycles. The molecule has 1 aliphatic rings. The summed E-state index contributed by atoms with van der Waals surface area (Å²) in [7, 11) is 1.58. The predicted octanol–water partition coefficient (Wildman–Crippen LogP) is 2.90. The first-order chi connectivity index (χ1) is 12.1. The molecule has 2 aromatic carbocycles. The van der Waals surface area contributed by atoms with E-state index in [-0.39, 0.29) is 11.8 Å². The maximum absolute atomic E-state index is 12.6. The lowest BCUT2D eigenvalue weighted by Crippen LogP contribution is -2.50. The fraction of sp³-hybridized carbons (Fsp3) is 0.263. The van der Waals surface area contributed by atoms with Gasteiger partial charge in [-0.2, -0.15) is 0 Å². The molecule has 1 heterocycles. The standard InChI is InChI=1S/C19H19IN2O3/c1-25-17-7-3-5-15(13-17)19(24)22-10-8-21(9-11-22)18(23)14-4-2-6-16(20)12-14/h2-7,12-13H,8-11H2,1H3. The molecule has 25 heavy (non-hydrogen) atoms. The Kier molecular flexibility index (Phi) is 5.57. The number of ether oxygens (including phenoxy) is 1. The van der Waals surface area contributed by atoms with Crippen molar-refractivity contribution in [3.8, 4) is 5.75 Å². The lowest BCUT2D eigenvalue weighted by atomic mass is 10.1. The first kappa shape index (κ1) is 17.7. The van der Waals surface area contributed by atoms with Crippen LogP contribution in [-0.2, 0) is 0 Å². The Bertz CT molecular complexity index is 786. The van der Waals surface area contributed by atoms with Crippen LogP contribution < -0.4 is 4.74 Å². The number of methoxy groups -OCH3 is 1. The summed E-state index contributed by atoms with van der Waals surface area (Å²) in [5.41, 5.74) is 1.30. The summed E-state index contributed by atoms with van der Waals surface area (Å²) in [4.78, 5) is 28.8. The molecule has 6 heteroatoms. The van der Waals surface area contributed by atoms with E-state index in [0.717, 1.165) is 3.57 Å². The van der Waals surface area contributed by atoms with Crippen LogP contribution in [0.4, 0.5) is 0 Å². The molecule has 3 rings (SSSR count). The number of benzene rings is 2. The van der Waals surface area contributed by atoms with E-state index in [9.17, 15) is 9.59 Å². The lowest BCUT2D eigenvalue weighted by molar-refractivity contribution is 0.0535. The minimum absolute atomic E-state index is 0.0204. The Morgan fingerprint density at radius 3 is 1.92 bits per heavy atom. The van der Waals surface area contributed by atoms with Crippen molar-refractivity contribution in [2.45, 2.75) is 0 Å². The van der Waals surface area contributed by atoms with E-state index >= 15 is 0 Å². The van der Waals surface area contributed by atoms with Crippen LogP contribution >= 0.6 is 22.6 Å². The summed E-state index contributed by atoms with van der Waals surface area (Å²) in [5, 5.41) is 0. The summed E-state index contributed by atoms with van der Waals surface area (Å²) >= 11 is 2.20. The molecule has 0 radical (unpaired) electrons. The molecule has 0 aliphatic carbocycles. The predicted molar refractivity (Wildman–Crippen MR) is 104 cm³/mol. The highest BCUT2D eigenvalue weighted by atomic mass is 127. The van der Waals surface area contributed by atoms with E-state index in [1.165, 1.54) is 0 Å². The number of amides is 2. The molecule has 2 aromatic rings. The molecule has 1 fully saturated rings. The van der Waals surface area contributed by atoms with Crippen LogP contribution in [0.5, 0.6) is 5.75 Å². The van der Waals surface area contributed by atoms with Crippen LogP contribution in [-0.4, -0.2) is 54.9 Å². The number of rotatable bonds is 3. The molecular formula is C19H19IN2O3. The first-order valence-corrected chi connectivity index (χ1v) is 9.14. The number of carbonyl (C=O) groups excluding carboxylic acids is 2. The van der Waals surface area contributed by atoms with Gasteiger partial charge in [0.25, 0.3) is 11.8 Å². The van der Waals surface area contributed by atoms with E-state index < -0.39 is 0 Å². The zero-order valence-electron chi connectivity index (χ0n) is 13.9. The second-order valence-corrected chi connectivity index (χ2v) is 7.07. The molecule has 0 unspecified atom stereocenters. The van der Waals surface area contributed by atoms with Crippen molar-refractivity contribution in [1.29, 1.82) is 0 Å². The van der Waals surface area contributed by atoms with E-state index in [4.69, 9.17) is 4.74 Å². The van der Waals surface area contributed by atoms with Crippen molar-refractivity contribution in [3.63, 3.8) is 0 Å². The molecule has 5 nitrogen and oxygen atoms in total. The second kappa shape index (κ2) is 7.86. The Labute approximate surface area is 160 Å². The number of piperazine rings is 1. The molecule has 0 atom stereocenters. The highest BCUT2D eigenvalue weighted by molar-refractivity contribution is 14.1. The van der Waals surface area contributed by atoms with Crippen molar-refractivity contribution in [2.24, 2.45) is 0 Å². The van der Waals surface area contributed by atoms with Crippen molar-refractivity contribution in [3.05, 3.63) is 63.2 Å². The smallest absolute Gasteiger partial charge is 0.254 e. The van der Waals surface area contributed by atoms with E-state index in [0.29, 0.717) is 43.1 Å². The second-order valence-electron chi connectivity index (χ2n) is 5.83. The van der Waals surface area contributed by atoms with Crippen LogP contribution in [0.3, 0.4) is 0 Å². The molecule has 0 saturated carbocycles. The fourth-order valence-electron chi connectivity index (χ4n) is 2.86. The monoisotopic (exact) mass is 450 g/mol. The first-order valence-electron chi connectivity index (χ1n) is 8.06. The van der Waals surface area contributed by atoms with Gasteiger partial charge in [0, 0.05) is 40.9 Å². The minimum Gasteiger partial charge on any atom is -0.497 e. The van der Waals surface area contributed by atoms with Gasteiger partial charge < -0.3 is 14.5 Å². The van der Waals surface area contributed by atoms with E-state index in [1.807, 2.05) is 36.4 Å². The van der Waals surface area contributed by atoms with Gasteiger partial charge in [0.2, 0.25) is 0 Å². The zero-order valence-corrected chi connectivity index (χ0v) is 16.1. The minimum atomic E-state index is -0.0275. The normalized spacial score (nSPS) is 14.3. The quantitative estimate of drug-likeness (QED) is 0.676. The maximum Gasteiger partial charge on any atom is 0.254 e. The van der Waals surface area contributed by atoms with Crippen LogP contribution in [0.15, 0.2) is 48.5 Å². The number of hydrogen-bond acceptors (Lipinski definition) is 3. The topological polar surface area (TPSA) is 49.9 Å². The Balaban J connectivity index is 1.63. The van der Waals surface area contributed by atoms with Gasteiger partial charge >= 0.3 is 0 Å². The van der Waals surface area contributed by atoms with Gasteiger partial charge in [0.15, 0.2) is 0 Å². The summed E-state index contributed by atoms with van der Waals surface area (Å²) in [5.74, 6) is 0.658. The summed E-state index contributed by atoms with van der Waals surface area (Å²) in [6.45, 7) is 2.15. The number of halogens is 1. The molecule has 130 valence electrons. The zero-order chi connectivity index (χ0) is 17.8. The third kappa shape index (κ3) is 4.12. The Morgan fingerprint density at radius 1 is 0.880 bits per heavy atom. The average molecular weight is 450 g/mol. The van der Waals surface area contributed by atoms with Crippen LogP contribution in [0, 0.1) is 3.57 Å². The average Bonchev–Trinajstić information content (AvgIpc) is 2.67. The van der Waals surface area contributed by atoms with E-state index in [1.54, 1.807) is 29.0 Å². The highest BCUT2D eigenvalue weighted by Crippen LogP contribution is 2.17. The molecule has 0 bridgehead atoms. The van der Waals surface area contributed by atoms with Gasteiger partial charge in [-0.15, -0.1) is 0 Å². The van der Waals surface area contributed by atoms with Gasteiger partial charge in [-0.3, -0.25) is 9.59 Å². The third-order valence-corrected chi connectivity index (χ3v) is 4.91. The highest BCUT2D eigenvalue weighted by Gasteiger charge is 2.25. The van der Waals surface area contributed by atoms with Crippen molar-refractivity contribution in [2.75, 3.05) is 33.3 Å². The van der Waals surface area contributed by atoms with Crippen molar-refractivity contribution < 1.29 is 14.3 Å². The molecule has 0 spiro atoms. The number of nitrogens with zero attached hydrogens (tertiary/aromatic N) is 2. The largest absolute Gasteiger partial charge is 0.497 e. The summed E-state index contributed by atoms with van der Waals surface area (Å²) in [6.07, 6.45) is 0. The summed E-state index contributed by atoms with van der Waals surface area (Å²) < 4.78 is 6.21. The number of carbonyl (C=O) groups is 2. The fourth-order valence-corrected chi connectivity index (χ4v) is 3.40. The molecule has 0 N–H and O–H groups in total. The lowest BCUT2D eigenvalue weighted by Gasteiger charge is -2.35. The van der Waals surface area contributed by atoms with Gasteiger partial charge in [-0.1, -0.05) is 12.1 Å². The van der Waals surface area contributed by atoms with Crippen molar-refractivity contribution in [1.82, 2.24) is 9.80 Å². The van der Waals surface area contributed by atoms with Crippen molar-refractivity contribution >= 4 is 34.4 Å². The van der Waals surface area contributed by atoms with Crippen LogP contribution in [0.2, 0.25) is 0 Å². The Morgan fingerprint density at radius 2 is 1.40 bits per heavy atom. The van der Waals surface area contributed by atoms with Gasteiger partial charge in [0.05, 0.1) is 7.11 Å². The van der Waals surface area contributed by atoms with Gasteiger partial charge in [-0.05, 0) is 59.0 Å². The molecular weight excluding hydrogens is 431 g/mol. The molecule has 2 amide bonds. The van der Waals surface area contributed by atoms with Gasteiger partial charge in [-0.25, -0.2) is 0 Å². The maximum atomic E-state index is 12.6. The van der Waals surface area contributed by atoms with Crippen LogP contribution in [0.1, 0.15) is 20.7 Å². The number of hydrogen-bond donors (Lipinski definition) is 0. The molecule has 1 aliphatic heterocycles. The Hall–Kier alpha value is -2.09. The van der Waals surface area contributed by atoms with Crippen LogP contribution in [0.25, 0.3) is 0 Å².